The predicted octanol–water partition coefficient (Wildman–Crippen LogP) is 3.37. The molecule has 0 aliphatic heterocycles. The monoisotopic (exact) mass is 333 g/mol. The van der Waals surface area contributed by atoms with Crippen molar-refractivity contribution < 1.29 is 0 Å². The van der Waals surface area contributed by atoms with Gasteiger partial charge in [-0.15, -0.1) is 11.3 Å². The van der Waals surface area contributed by atoms with Crippen LogP contribution in [0.15, 0.2) is 12.4 Å². The Morgan fingerprint density at radius 1 is 1.30 bits per heavy atom. The number of thiazole rings is 1. The lowest BCUT2D eigenvalue weighted by molar-refractivity contribution is 0.449. The highest BCUT2D eigenvalue weighted by Gasteiger charge is 2.23. The third-order valence-electron chi connectivity index (χ3n) is 4.66. The van der Waals surface area contributed by atoms with Crippen molar-refractivity contribution in [2.75, 3.05) is 18.0 Å². The molecule has 6 heteroatoms. The number of rotatable bonds is 7. The Kier molecular flexibility index (Phi) is 5.33. The van der Waals surface area contributed by atoms with Crippen molar-refractivity contribution in [2.24, 2.45) is 0 Å². The number of nitrogens with one attached hydrogen (secondary N) is 1. The molecule has 0 radical (unpaired) electrons. The summed E-state index contributed by atoms with van der Waals surface area (Å²) in [4.78, 5) is 8.18. The zero-order valence-corrected chi connectivity index (χ0v) is 15.2. The van der Waals surface area contributed by atoms with E-state index in [0.29, 0.717) is 6.04 Å². The highest BCUT2D eigenvalue weighted by atomic mass is 32.1. The molecule has 1 aliphatic rings. The van der Waals surface area contributed by atoms with Crippen LogP contribution in [0.3, 0.4) is 0 Å². The van der Waals surface area contributed by atoms with Crippen LogP contribution >= 0.6 is 11.3 Å². The summed E-state index contributed by atoms with van der Waals surface area (Å²) in [7, 11) is 0. The van der Waals surface area contributed by atoms with Gasteiger partial charge in [0.15, 0.2) is 5.13 Å². The summed E-state index contributed by atoms with van der Waals surface area (Å²) in [6.45, 7) is 10.4. The van der Waals surface area contributed by atoms with Gasteiger partial charge in [0.2, 0.25) is 0 Å². The minimum absolute atomic E-state index is 0.429. The largest absolute Gasteiger partial charge is 0.349 e. The predicted molar refractivity (Wildman–Crippen MR) is 96.1 cm³/mol. The Hall–Kier alpha value is -1.40. The van der Waals surface area contributed by atoms with Gasteiger partial charge in [-0.05, 0) is 40.0 Å². The molecule has 2 aromatic heterocycles. The molecule has 0 spiro atoms. The quantitative estimate of drug-likeness (QED) is 0.844. The second kappa shape index (κ2) is 7.45. The molecule has 23 heavy (non-hydrogen) atoms. The van der Waals surface area contributed by atoms with Gasteiger partial charge in [-0.1, -0.05) is 0 Å². The van der Waals surface area contributed by atoms with Gasteiger partial charge in [0.1, 0.15) is 0 Å². The standard InChI is InChI=1S/C17H27N5S/c1-4-21(5-2)17-19-11-13(23-17)10-18-15-8-7-9-16-14(15)12-20-22(16)6-3/h11-12,15,18H,4-10H2,1-3H3/t15-/m0/s1. The van der Waals surface area contributed by atoms with Gasteiger partial charge >= 0.3 is 0 Å². The van der Waals surface area contributed by atoms with Crippen LogP contribution in [-0.4, -0.2) is 27.9 Å². The van der Waals surface area contributed by atoms with Crippen molar-refractivity contribution in [1.29, 1.82) is 0 Å². The Bertz CT molecular complexity index is 629. The van der Waals surface area contributed by atoms with Gasteiger partial charge in [0.25, 0.3) is 0 Å². The molecule has 0 amide bonds. The number of aryl methyl sites for hydroxylation is 1. The molecule has 0 aromatic carbocycles. The molecule has 126 valence electrons. The fourth-order valence-corrected chi connectivity index (χ4v) is 4.33. The number of fused-ring (bicyclic) bond motifs is 1. The molecule has 2 heterocycles. The van der Waals surface area contributed by atoms with Crippen LogP contribution in [0.2, 0.25) is 0 Å². The van der Waals surface area contributed by atoms with Crippen molar-refractivity contribution in [1.82, 2.24) is 20.1 Å². The highest BCUT2D eigenvalue weighted by Crippen LogP contribution is 2.30. The van der Waals surface area contributed by atoms with Gasteiger partial charge in [-0.3, -0.25) is 4.68 Å². The summed E-state index contributed by atoms with van der Waals surface area (Å²) in [5, 5.41) is 9.38. The van der Waals surface area contributed by atoms with E-state index in [2.05, 4.69) is 51.9 Å². The molecule has 0 bridgehead atoms. The first-order valence-electron chi connectivity index (χ1n) is 8.74. The van der Waals surface area contributed by atoms with Gasteiger partial charge in [0.05, 0.1) is 6.20 Å². The summed E-state index contributed by atoms with van der Waals surface area (Å²) in [5.74, 6) is 0. The summed E-state index contributed by atoms with van der Waals surface area (Å²) >= 11 is 1.80. The number of hydrogen-bond acceptors (Lipinski definition) is 5. The van der Waals surface area contributed by atoms with Crippen LogP contribution in [0.4, 0.5) is 5.13 Å². The smallest absolute Gasteiger partial charge is 0.185 e. The molecule has 0 unspecified atom stereocenters. The second-order valence-electron chi connectivity index (χ2n) is 5.97. The Labute approximate surface area is 142 Å². The number of hydrogen-bond donors (Lipinski definition) is 1. The van der Waals surface area contributed by atoms with E-state index in [4.69, 9.17) is 0 Å². The molecular weight excluding hydrogens is 306 g/mol. The van der Waals surface area contributed by atoms with E-state index in [9.17, 15) is 0 Å². The second-order valence-corrected chi connectivity index (χ2v) is 7.06. The molecule has 3 rings (SSSR count). The first kappa shape index (κ1) is 16.5. The van der Waals surface area contributed by atoms with Crippen LogP contribution in [0.1, 0.15) is 55.8 Å². The Morgan fingerprint density at radius 2 is 2.13 bits per heavy atom. The van der Waals surface area contributed by atoms with E-state index < -0.39 is 0 Å². The third-order valence-corrected chi connectivity index (χ3v) is 5.72. The van der Waals surface area contributed by atoms with Gasteiger partial charge < -0.3 is 10.2 Å². The fourth-order valence-electron chi connectivity index (χ4n) is 3.35. The van der Waals surface area contributed by atoms with E-state index in [-0.39, 0.29) is 0 Å². The van der Waals surface area contributed by atoms with Crippen molar-refractivity contribution in [2.45, 2.75) is 59.2 Å². The highest BCUT2D eigenvalue weighted by molar-refractivity contribution is 7.15. The number of anilines is 1. The third kappa shape index (κ3) is 3.43. The van der Waals surface area contributed by atoms with Crippen molar-refractivity contribution in [3.8, 4) is 0 Å². The summed E-state index contributed by atoms with van der Waals surface area (Å²) in [6.07, 6.45) is 7.68. The van der Waals surface area contributed by atoms with E-state index in [1.165, 1.54) is 29.0 Å². The molecule has 0 saturated heterocycles. The lowest BCUT2D eigenvalue weighted by Crippen LogP contribution is -2.24. The maximum atomic E-state index is 4.57. The summed E-state index contributed by atoms with van der Waals surface area (Å²) in [5.41, 5.74) is 2.82. The lowest BCUT2D eigenvalue weighted by Gasteiger charge is -2.24. The van der Waals surface area contributed by atoms with Crippen LogP contribution in [0.5, 0.6) is 0 Å². The molecule has 2 aromatic rings. The molecule has 1 atom stereocenters. The summed E-state index contributed by atoms with van der Waals surface area (Å²) in [6, 6.07) is 0.429. The minimum Gasteiger partial charge on any atom is -0.349 e. The lowest BCUT2D eigenvalue weighted by atomic mass is 9.93. The van der Waals surface area contributed by atoms with E-state index in [1.54, 1.807) is 11.3 Å². The average Bonchev–Trinajstić information content (AvgIpc) is 3.21. The first-order chi connectivity index (χ1) is 11.3. The van der Waals surface area contributed by atoms with Crippen molar-refractivity contribution in [3.05, 3.63) is 28.5 Å². The Balaban J connectivity index is 1.65. The van der Waals surface area contributed by atoms with Crippen LogP contribution in [0.25, 0.3) is 0 Å². The molecule has 0 saturated carbocycles. The zero-order chi connectivity index (χ0) is 16.2. The van der Waals surface area contributed by atoms with E-state index in [1.807, 2.05) is 6.20 Å². The van der Waals surface area contributed by atoms with Crippen molar-refractivity contribution >= 4 is 16.5 Å². The SMILES string of the molecule is CCN(CC)c1ncc(CN[C@H]2CCCc3c2cnn3CC)s1. The van der Waals surface area contributed by atoms with Gasteiger partial charge in [0, 0.05) is 54.6 Å². The summed E-state index contributed by atoms with van der Waals surface area (Å²) < 4.78 is 2.15. The molecule has 5 nitrogen and oxygen atoms in total. The molecule has 1 N–H and O–H groups in total. The fraction of sp³-hybridized carbons (Fsp3) is 0.647. The van der Waals surface area contributed by atoms with E-state index in [0.717, 1.165) is 37.7 Å². The topological polar surface area (TPSA) is 46.0 Å². The maximum Gasteiger partial charge on any atom is 0.185 e. The number of aromatic nitrogens is 3. The number of nitrogens with zero attached hydrogens (tertiary/aromatic N) is 4. The Morgan fingerprint density at radius 3 is 2.87 bits per heavy atom. The van der Waals surface area contributed by atoms with Crippen LogP contribution in [0, 0.1) is 0 Å². The van der Waals surface area contributed by atoms with Crippen LogP contribution in [-0.2, 0) is 19.5 Å². The minimum atomic E-state index is 0.429. The molecular formula is C17H27N5S. The maximum absolute atomic E-state index is 4.57. The molecule has 1 aliphatic carbocycles. The van der Waals surface area contributed by atoms with Gasteiger partial charge in [-0.2, -0.15) is 5.10 Å². The first-order valence-corrected chi connectivity index (χ1v) is 9.56. The average molecular weight is 334 g/mol. The van der Waals surface area contributed by atoms with Crippen molar-refractivity contribution in [3.63, 3.8) is 0 Å². The normalized spacial score (nSPS) is 17.3. The van der Waals surface area contributed by atoms with Gasteiger partial charge in [-0.25, -0.2) is 4.98 Å². The van der Waals surface area contributed by atoms with E-state index >= 15 is 0 Å². The van der Waals surface area contributed by atoms with Crippen LogP contribution < -0.4 is 10.2 Å². The molecule has 0 fully saturated rings. The zero-order valence-electron chi connectivity index (χ0n) is 14.4.